The van der Waals surface area contributed by atoms with E-state index in [1.807, 2.05) is 0 Å². The molecule has 2 rings (SSSR count). The molecule has 124 valence electrons. The Kier molecular flexibility index (Phi) is 4.65. The van der Waals surface area contributed by atoms with Crippen LogP contribution in [-0.4, -0.2) is 23.7 Å². The Morgan fingerprint density at radius 2 is 1.96 bits per heavy atom. The fourth-order valence-electron chi connectivity index (χ4n) is 1.95. The number of nitrogens with zero attached hydrogens (tertiary/aromatic N) is 1. The van der Waals surface area contributed by atoms with Crippen molar-refractivity contribution in [2.75, 3.05) is 7.04 Å². The minimum Gasteiger partial charge on any atom is -0.493 e. The highest BCUT2D eigenvalue weighted by Crippen LogP contribution is 2.34. The minimum absolute atomic E-state index is 0.0115. The molecular formula is C15H13Cl2F2NO3. The molecule has 1 unspecified atom stereocenters. The third kappa shape index (κ3) is 4.43. The SMILES string of the molecule is [2H]C([2H])([2H])Oc1cc(C(O)Cc2c(Cl)cncc2Cl)ccc1OC(F)F. The van der Waals surface area contributed by atoms with E-state index in [1.165, 1.54) is 18.5 Å². The molecule has 0 saturated carbocycles. The van der Waals surface area contributed by atoms with Crippen molar-refractivity contribution in [3.63, 3.8) is 0 Å². The van der Waals surface area contributed by atoms with E-state index in [0.717, 1.165) is 12.1 Å². The topological polar surface area (TPSA) is 51.6 Å². The van der Waals surface area contributed by atoms with Crippen molar-refractivity contribution >= 4 is 23.2 Å². The monoisotopic (exact) mass is 366 g/mol. The average Bonchev–Trinajstić information content (AvgIpc) is 2.50. The molecule has 0 aliphatic heterocycles. The molecular weight excluding hydrogens is 351 g/mol. The Hall–Kier alpha value is -1.63. The van der Waals surface area contributed by atoms with Crippen LogP contribution in [0.3, 0.4) is 0 Å². The number of aliphatic hydroxyl groups is 1. The number of aromatic nitrogens is 1. The summed E-state index contributed by atoms with van der Waals surface area (Å²) in [7, 11) is -2.89. The van der Waals surface area contributed by atoms with Crippen molar-refractivity contribution in [1.29, 1.82) is 0 Å². The van der Waals surface area contributed by atoms with Gasteiger partial charge in [0.25, 0.3) is 0 Å². The van der Waals surface area contributed by atoms with Crippen LogP contribution in [0, 0.1) is 0 Å². The lowest BCUT2D eigenvalue weighted by molar-refractivity contribution is -0.0512. The van der Waals surface area contributed by atoms with Gasteiger partial charge >= 0.3 is 6.61 Å². The van der Waals surface area contributed by atoms with E-state index in [9.17, 15) is 13.9 Å². The lowest BCUT2D eigenvalue weighted by Gasteiger charge is -2.16. The number of pyridine rings is 1. The fourth-order valence-corrected chi connectivity index (χ4v) is 2.47. The number of methoxy groups -OCH3 is 1. The molecule has 0 spiro atoms. The second kappa shape index (κ2) is 7.77. The smallest absolute Gasteiger partial charge is 0.387 e. The molecule has 8 heteroatoms. The Bertz CT molecular complexity index is 758. The van der Waals surface area contributed by atoms with Gasteiger partial charge in [-0.3, -0.25) is 4.98 Å². The van der Waals surface area contributed by atoms with Gasteiger partial charge in [-0.1, -0.05) is 29.3 Å². The summed E-state index contributed by atoms with van der Waals surface area (Å²) in [6.07, 6.45) is 1.55. The van der Waals surface area contributed by atoms with Crippen molar-refractivity contribution in [2.24, 2.45) is 0 Å². The molecule has 1 aromatic heterocycles. The van der Waals surface area contributed by atoms with E-state index in [4.69, 9.17) is 32.1 Å². The Morgan fingerprint density at radius 3 is 2.57 bits per heavy atom. The molecule has 2 aromatic rings. The van der Waals surface area contributed by atoms with E-state index in [1.54, 1.807) is 0 Å². The lowest BCUT2D eigenvalue weighted by atomic mass is 10.0. The predicted molar refractivity (Wildman–Crippen MR) is 82.5 cm³/mol. The third-order valence-corrected chi connectivity index (χ3v) is 3.68. The van der Waals surface area contributed by atoms with E-state index in [2.05, 4.69) is 9.72 Å². The van der Waals surface area contributed by atoms with Crippen LogP contribution in [0.15, 0.2) is 30.6 Å². The Labute approximate surface area is 145 Å². The normalized spacial score (nSPS) is 14.8. The first-order chi connectivity index (χ1) is 12.1. The second-order valence-corrected chi connectivity index (χ2v) is 5.30. The summed E-state index contributed by atoms with van der Waals surface area (Å²) in [6, 6.07) is 3.50. The standard InChI is InChI=1S/C15H13Cl2F2NO3/c1-22-14-4-8(2-3-13(14)23-15(18)19)12(21)5-9-10(16)6-20-7-11(9)17/h2-4,6-7,12,15,21H,5H2,1H3/i1D3. The first-order valence-electron chi connectivity index (χ1n) is 7.80. The predicted octanol–water partition coefficient (Wildman–Crippen LogP) is 4.27. The van der Waals surface area contributed by atoms with Crippen LogP contribution in [0.2, 0.25) is 10.0 Å². The maximum Gasteiger partial charge on any atom is 0.387 e. The molecule has 0 radical (unpaired) electrons. The molecule has 23 heavy (non-hydrogen) atoms. The molecule has 1 heterocycles. The van der Waals surface area contributed by atoms with Crippen LogP contribution >= 0.6 is 23.2 Å². The van der Waals surface area contributed by atoms with Crippen molar-refractivity contribution in [1.82, 2.24) is 4.98 Å². The number of aliphatic hydroxyl groups excluding tert-OH is 1. The molecule has 0 aliphatic rings. The molecule has 0 fully saturated rings. The van der Waals surface area contributed by atoms with Gasteiger partial charge in [0.15, 0.2) is 11.5 Å². The van der Waals surface area contributed by atoms with Crippen molar-refractivity contribution in [3.8, 4) is 11.5 Å². The number of ether oxygens (including phenoxy) is 2. The van der Waals surface area contributed by atoms with Gasteiger partial charge in [-0.25, -0.2) is 0 Å². The molecule has 1 atom stereocenters. The summed E-state index contributed by atoms with van der Waals surface area (Å²) in [4.78, 5) is 3.80. The van der Waals surface area contributed by atoms with Crippen LogP contribution in [0.1, 0.15) is 21.3 Å². The summed E-state index contributed by atoms with van der Waals surface area (Å²) in [5, 5.41) is 10.9. The molecule has 0 bridgehead atoms. The second-order valence-electron chi connectivity index (χ2n) is 4.49. The zero-order valence-corrected chi connectivity index (χ0v) is 13.0. The first kappa shape index (κ1) is 13.8. The number of halogens is 4. The Balaban J connectivity index is 2.32. The van der Waals surface area contributed by atoms with Crippen molar-refractivity contribution in [2.45, 2.75) is 19.1 Å². The van der Waals surface area contributed by atoms with Gasteiger partial charge in [0.1, 0.15) is 0 Å². The van der Waals surface area contributed by atoms with Crippen LogP contribution < -0.4 is 9.47 Å². The number of benzene rings is 1. The maximum atomic E-state index is 12.5. The molecule has 0 amide bonds. The zero-order chi connectivity index (χ0) is 19.5. The quantitative estimate of drug-likeness (QED) is 0.828. The van der Waals surface area contributed by atoms with Gasteiger partial charge in [-0.05, 0) is 23.3 Å². The summed E-state index contributed by atoms with van der Waals surface area (Å²) in [5.74, 6) is -0.916. The highest BCUT2D eigenvalue weighted by Gasteiger charge is 2.17. The van der Waals surface area contributed by atoms with Crippen molar-refractivity contribution in [3.05, 3.63) is 51.8 Å². The van der Waals surface area contributed by atoms with E-state index < -0.39 is 31.3 Å². The number of hydrogen-bond acceptors (Lipinski definition) is 4. The van der Waals surface area contributed by atoms with E-state index in [0.29, 0.717) is 5.56 Å². The summed E-state index contributed by atoms with van der Waals surface area (Å²) < 4.78 is 55.2. The van der Waals surface area contributed by atoms with Crippen LogP contribution in [-0.2, 0) is 6.42 Å². The van der Waals surface area contributed by atoms with Gasteiger partial charge < -0.3 is 14.6 Å². The summed E-state index contributed by atoms with van der Waals surface area (Å²) >= 11 is 12.0. The Morgan fingerprint density at radius 1 is 1.26 bits per heavy atom. The molecule has 4 nitrogen and oxygen atoms in total. The zero-order valence-electron chi connectivity index (χ0n) is 14.5. The molecule has 1 N–H and O–H groups in total. The number of alkyl halides is 2. The van der Waals surface area contributed by atoms with Crippen LogP contribution in [0.4, 0.5) is 8.78 Å². The van der Waals surface area contributed by atoms with E-state index >= 15 is 0 Å². The lowest BCUT2D eigenvalue weighted by Crippen LogP contribution is -2.06. The number of hydrogen-bond donors (Lipinski definition) is 1. The molecule has 1 aromatic carbocycles. The molecule has 0 saturated heterocycles. The summed E-state index contributed by atoms with van der Waals surface area (Å²) in [6.45, 7) is -3.17. The summed E-state index contributed by atoms with van der Waals surface area (Å²) in [5.41, 5.74) is 0.636. The highest BCUT2D eigenvalue weighted by molar-refractivity contribution is 6.35. The third-order valence-electron chi connectivity index (χ3n) is 3.03. The molecule has 0 aliphatic carbocycles. The number of rotatable bonds is 6. The average molecular weight is 367 g/mol. The fraction of sp³-hybridized carbons (Fsp3) is 0.267. The first-order valence-corrected chi connectivity index (χ1v) is 7.06. The largest absolute Gasteiger partial charge is 0.493 e. The van der Waals surface area contributed by atoms with Crippen LogP contribution in [0.5, 0.6) is 11.5 Å². The van der Waals surface area contributed by atoms with Gasteiger partial charge in [-0.2, -0.15) is 8.78 Å². The minimum atomic E-state index is -3.17. The maximum absolute atomic E-state index is 12.5. The highest BCUT2D eigenvalue weighted by atomic mass is 35.5. The van der Waals surface area contributed by atoms with Gasteiger partial charge in [0.05, 0.1) is 27.3 Å². The van der Waals surface area contributed by atoms with Crippen LogP contribution in [0.25, 0.3) is 0 Å². The van der Waals surface area contributed by atoms with Gasteiger partial charge in [0, 0.05) is 18.8 Å². The van der Waals surface area contributed by atoms with Crippen molar-refractivity contribution < 1.29 is 27.5 Å². The van der Waals surface area contributed by atoms with Gasteiger partial charge in [0.2, 0.25) is 0 Å². The van der Waals surface area contributed by atoms with E-state index in [-0.39, 0.29) is 22.0 Å². The van der Waals surface area contributed by atoms with Gasteiger partial charge in [-0.15, -0.1) is 0 Å².